The number of aromatic hydroxyl groups is 1. The summed E-state index contributed by atoms with van der Waals surface area (Å²) in [7, 11) is 1.54. The molecular formula is C21H30IN3O2. The van der Waals surface area contributed by atoms with Gasteiger partial charge in [0, 0.05) is 12.1 Å². The third-order valence-electron chi connectivity index (χ3n) is 4.30. The molecule has 0 spiro atoms. The highest BCUT2D eigenvalue weighted by atomic mass is 127. The zero-order valence-corrected chi connectivity index (χ0v) is 18.8. The highest BCUT2D eigenvalue weighted by molar-refractivity contribution is 14.0. The number of hydrogen-bond acceptors (Lipinski definition) is 3. The zero-order valence-electron chi connectivity index (χ0n) is 16.5. The van der Waals surface area contributed by atoms with Crippen LogP contribution in [0.15, 0.2) is 47.5 Å². The van der Waals surface area contributed by atoms with Gasteiger partial charge in [0.2, 0.25) is 0 Å². The maximum atomic E-state index is 10.2. The lowest BCUT2D eigenvalue weighted by Crippen LogP contribution is -2.38. The Kier molecular flexibility index (Phi) is 9.99. The van der Waals surface area contributed by atoms with Crippen LogP contribution in [0.2, 0.25) is 0 Å². The summed E-state index contributed by atoms with van der Waals surface area (Å²) < 4.78 is 5.15. The average molecular weight is 483 g/mol. The van der Waals surface area contributed by atoms with Crippen molar-refractivity contribution in [3.63, 3.8) is 0 Å². The molecule has 6 heteroatoms. The van der Waals surface area contributed by atoms with Crippen LogP contribution in [0.4, 0.5) is 0 Å². The summed E-state index contributed by atoms with van der Waals surface area (Å²) in [6.45, 7) is 7.41. The minimum atomic E-state index is 0. The van der Waals surface area contributed by atoms with E-state index in [-0.39, 0.29) is 35.8 Å². The lowest BCUT2D eigenvalue weighted by Gasteiger charge is -2.18. The molecule has 0 bridgehead atoms. The molecule has 27 heavy (non-hydrogen) atoms. The van der Waals surface area contributed by atoms with Crippen molar-refractivity contribution in [1.82, 2.24) is 10.6 Å². The smallest absolute Gasteiger partial charge is 0.192 e. The maximum absolute atomic E-state index is 10.2. The molecule has 0 aliphatic heterocycles. The Morgan fingerprint density at radius 3 is 2.44 bits per heavy atom. The first-order valence-corrected chi connectivity index (χ1v) is 9.07. The van der Waals surface area contributed by atoms with Crippen LogP contribution in [0.3, 0.4) is 0 Å². The Morgan fingerprint density at radius 2 is 1.85 bits per heavy atom. The molecule has 2 aromatic rings. The van der Waals surface area contributed by atoms with Gasteiger partial charge >= 0.3 is 0 Å². The normalized spacial score (nSPS) is 12.1. The van der Waals surface area contributed by atoms with Crippen LogP contribution in [0, 0.1) is 0 Å². The van der Waals surface area contributed by atoms with E-state index >= 15 is 0 Å². The van der Waals surface area contributed by atoms with Gasteiger partial charge in [-0.3, -0.25) is 0 Å². The predicted molar refractivity (Wildman–Crippen MR) is 122 cm³/mol. The number of methoxy groups -OCH3 is 1. The van der Waals surface area contributed by atoms with Crippen molar-refractivity contribution in [2.24, 2.45) is 4.99 Å². The first-order valence-electron chi connectivity index (χ1n) is 9.07. The van der Waals surface area contributed by atoms with E-state index in [9.17, 15) is 5.11 Å². The molecule has 0 radical (unpaired) electrons. The average Bonchev–Trinajstić information content (AvgIpc) is 2.67. The standard InChI is InChI=1S/C21H29N3O2.HI/c1-5-16-10-12-17(13-11-16)15(3)24-21(22-6-2)23-14-18-8-7-9-19(26-4)20(18)25;/h7-13,15,25H,5-6,14H2,1-4H3,(H2,22,23,24);1H. The molecule has 2 rings (SSSR count). The molecule has 3 N–H and O–H groups in total. The molecule has 0 heterocycles. The molecule has 0 aromatic heterocycles. The van der Waals surface area contributed by atoms with Gasteiger partial charge < -0.3 is 20.5 Å². The van der Waals surface area contributed by atoms with Crippen LogP contribution in [0.25, 0.3) is 0 Å². The maximum Gasteiger partial charge on any atom is 0.192 e. The van der Waals surface area contributed by atoms with E-state index in [4.69, 9.17) is 4.74 Å². The summed E-state index contributed by atoms with van der Waals surface area (Å²) in [5.41, 5.74) is 3.26. The number of phenolic OH excluding ortho intramolecular Hbond substituents is 1. The summed E-state index contributed by atoms with van der Waals surface area (Å²) >= 11 is 0. The molecule has 0 saturated carbocycles. The van der Waals surface area contributed by atoms with Crippen molar-refractivity contribution in [2.45, 2.75) is 39.8 Å². The van der Waals surface area contributed by atoms with Crippen LogP contribution < -0.4 is 15.4 Å². The van der Waals surface area contributed by atoms with Crippen LogP contribution in [0.5, 0.6) is 11.5 Å². The number of aliphatic imine (C=N–C) groups is 1. The highest BCUT2D eigenvalue weighted by Gasteiger charge is 2.10. The van der Waals surface area contributed by atoms with E-state index in [2.05, 4.69) is 53.7 Å². The van der Waals surface area contributed by atoms with E-state index < -0.39 is 0 Å². The Morgan fingerprint density at radius 1 is 1.15 bits per heavy atom. The number of benzene rings is 2. The fraction of sp³-hybridized carbons (Fsp3) is 0.381. The van der Waals surface area contributed by atoms with Gasteiger partial charge in [0.15, 0.2) is 17.5 Å². The monoisotopic (exact) mass is 483 g/mol. The molecule has 0 aliphatic rings. The highest BCUT2D eigenvalue weighted by Crippen LogP contribution is 2.29. The Labute approximate surface area is 179 Å². The second-order valence-corrected chi connectivity index (χ2v) is 6.12. The summed E-state index contributed by atoms with van der Waals surface area (Å²) in [6.07, 6.45) is 1.04. The van der Waals surface area contributed by atoms with Gasteiger partial charge in [0.25, 0.3) is 0 Å². The molecule has 0 amide bonds. The molecule has 0 fully saturated rings. The molecule has 0 aliphatic carbocycles. The first-order chi connectivity index (χ1) is 12.6. The minimum Gasteiger partial charge on any atom is -0.504 e. The van der Waals surface area contributed by atoms with E-state index in [0.717, 1.165) is 18.5 Å². The van der Waals surface area contributed by atoms with Gasteiger partial charge in [-0.1, -0.05) is 43.3 Å². The summed E-state index contributed by atoms with van der Waals surface area (Å²) in [5, 5.41) is 16.9. The molecule has 148 valence electrons. The molecule has 2 aromatic carbocycles. The molecular weight excluding hydrogens is 453 g/mol. The van der Waals surface area contributed by atoms with Gasteiger partial charge in [-0.15, -0.1) is 24.0 Å². The summed E-state index contributed by atoms with van der Waals surface area (Å²) in [4.78, 5) is 4.60. The Hall–Kier alpha value is -1.96. The van der Waals surface area contributed by atoms with Gasteiger partial charge in [0.1, 0.15) is 0 Å². The fourth-order valence-corrected chi connectivity index (χ4v) is 2.67. The van der Waals surface area contributed by atoms with Crippen molar-refractivity contribution in [1.29, 1.82) is 0 Å². The SMILES string of the molecule is CCNC(=NCc1cccc(OC)c1O)NC(C)c1ccc(CC)cc1.I. The van der Waals surface area contributed by atoms with E-state index in [0.29, 0.717) is 18.3 Å². The van der Waals surface area contributed by atoms with E-state index in [1.807, 2.05) is 19.1 Å². The number of guanidine groups is 1. The largest absolute Gasteiger partial charge is 0.504 e. The number of hydrogen-bond donors (Lipinski definition) is 3. The second-order valence-electron chi connectivity index (χ2n) is 6.12. The van der Waals surface area contributed by atoms with Gasteiger partial charge in [-0.25, -0.2) is 4.99 Å². The fourth-order valence-electron chi connectivity index (χ4n) is 2.67. The van der Waals surface area contributed by atoms with Crippen LogP contribution in [-0.4, -0.2) is 24.7 Å². The Balaban J connectivity index is 0.00000364. The lowest BCUT2D eigenvalue weighted by molar-refractivity contribution is 0.370. The number of phenols is 1. The van der Waals surface area contributed by atoms with Crippen molar-refractivity contribution >= 4 is 29.9 Å². The van der Waals surface area contributed by atoms with Crippen molar-refractivity contribution in [3.05, 3.63) is 59.2 Å². The van der Waals surface area contributed by atoms with Gasteiger partial charge in [-0.2, -0.15) is 0 Å². The van der Waals surface area contributed by atoms with Crippen LogP contribution >= 0.6 is 24.0 Å². The number of nitrogens with one attached hydrogen (secondary N) is 2. The Bertz CT molecular complexity index is 733. The number of rotatable bonds is 7. The molecule has 1 atom stereocenters. The van der Waals surface area contributed by atoms with Crippen LogP contribution in [-0.2, 0) is 13.0 Å². The van der Waals surface area contributed by atoms with Crippen molar-refractivity contribution in [2.75, 3.05) is 13.7 Å². The number of ether oxygens (including phenoxy) is 1. The van der Waals surface area contributed by atoms with Crippen molar-refractivity contribution < 1.29 is 9.84 Å². The predicted octanol–water partition coefficient (Wildman–Crippen LogP) is 4.40. The number of halogens is 1. The number of aryl methyl sites for hydroxylation is 1. The van der Waals surface area contributed by atoms with E-state index in [1.165, 1.54) is 11.1 Å². The summed E-state index contributed by atoms with van der Waals surface area (Å²) in [6, 6.07) is 14.2. The first kappa shape index (κ1) is 23.1. The molecule has 5 nitrogen and oxygen atoms in total. The van der Waals surface area contributed by atoms with Gasteiger partial charge in [-0.05, 0) is 37.5 Å². The molecule has 0 saturated heterocycles. The number of para-hydroxylation sites is 1. The van der Waals surface area contributed by atoms with Crippen LogP contribution in [0.1, 0.15) is 43.5 Å². The van der Waals surface area contributed by atoms with Crippen molar-refractivity contribution in [3.8, 4) is 11.5 Å². The van der Waals surface area contributed by atoms with E-state index in [1.54, 1.807) is 13.2 Å². The molecule has 1 unspecified atom stereocenters. The zero-order chi connectivity index (χ0) is 18.9. The lowest BCUT2D eigenvalue weighted by atomic mass is 10.1. The third-order valence-corrected chi connectivity index (χ3v) is 4.30. The quantitative estimate of drug-likeness (QED) is 0.311. The summed E-state index contributed by atoms with van der Waals surface area (Å²) in [5.74, 6) is 1.31. The topological polar surface area (TPSA) is 65.9 Å². The number of nitrogens with zero attached hydrogens (tertiary/aromatic N) is 1. The van der Waals surface area contributed by atoms with Gasteiger partial charge in [0.05, 0.1) is 19.7 Å². The minimum absolute atomic E-state index is 0. The third kappa shape index (κ3) is 6.61. The second kappa shape index (κ2) is 11.7.